The summed E-state index contributed by atoms with van der Waals surface area (Å²) in [6.07, 6.45) is -14.9. The molecule has 27 nitrogen and oxygen atoms in total. The van der Waals surface area contributed by atoms with Crippen LogP contribution in [0.15, 0.2) is 127 Å². The first-order valence-electron chi connectivity index (χ1n) is 30.6. The molecule has 2 aliphatic rings. The molecular weight excluding hydrogens is 1280 g/mol. The number of benzene rings is 5. The van der Waals surface area contributed by atoms with Crippen LogP contribution in [0.3, 0.4) is 0 Å². The molecule has 2 unspecified atom stereocenters. The van der Waals surface area contributed by atoms with Crippen molar-refractivity contribution in [2.75, 3.05) is 62.4 Å². The number of amides is 6. The van der Waals surface area contributed by atoms with Gasteiger partial charge in [-0.1, -0.05) is 84.9 Å². The van der Waals surface area contributed by atoms with E-state index in [2.05, 4.69) is 31.9 Å². The van der Waals surface area contributed by atoms with Crippen LogP contribution in [0.5, 0.6) is 5.75 Å². The lowest BCUT2D eigenvalue weighted by molar-refractivity contribution is -0.310. The van der Waals surface area contributed by atoms with E-state index in [0.717, 1.165) is 42.2 Å². The van der Waals surface area contributed by atoms with Gasteiger partial charge in [0, 0.05) is 81.1 Å². The first-order valence-corrected chi connectivity index (χ1v) is 32.9. The number of nitrogens with one attached hydrogen (secondary N) is 6. The van der Waals surface area contributed by atoms with Gasteiger partial charge in [0.25, 0.3) is 35.2 Å². The predicted molar refractivity (Wildman–Crippen MR) is 348 cm³/mol. The Morgan fingerprint density at radius 1 is 0.505 bits per heavy atom. The Morgan fingerprint density at radius 3 is 1.25 bits per heavy atom. The highest BCUT2D eigenvalue weighted by Crippen LogP contribution is 2.36. The third-order valence-corrected chi connectivity index (χ3v) is 17.7. The molecule has 12 atom stereocenters. The molecule has 15 N–H and O–H groups in total. The van der Waals surface area contributed by atoms with Crippen molar-refractivity contribution in [3.8, 4) is 28.0 Å². The van der Waals surface area contributed by atoms with Crippen LogP contribution in [0.1, 0.15) is 81.0 Å². The topological polar surface area (TPSA) is 428 Å². The number of aliphatic hydroxyl groups is 6. The number of phenols is 1. The average molecular weight is 1360 g/mol. The number of hydrogen-bond donors (Lipinski definition) is 15. The SMILES string of the molecule is CC(=O)N[C@@H]1[C@@H](O)C[C@](OCCCSCCNC(=O)c2ccc(C(=O)NCCSCCCO[C@]3(C(=O)O)C[C@H](O)[C@@H](NC(C)=O)[C@H](C(O)[C@H](O)CNC(=O)c4ccc(-c5ccccc5)cc4)O3)c(O)c2)(C(=O)O)O[C@H]1C(O)[C@H](O)CNC(=O)c1ccc(-c2ccccc2)cc1. The fourth-order valence-corrected chi connectivity index (χ4v) is 12.1. The first-order chi connectivity index (χ1) is 45.4. The highest BCUT2D eigenvalue weighted by molar-refractivity contribution is 7.99. The van der Waals surface area contributed by atoms with Crippen molar-refractivity contribution in [2.45, 2.75) is 112 Å². The molecule has 0 aliphatic carbocycles. The monoisotopic (exact) mass is 1360 g/mol. The number of aromatic hydroxyl groups is 1. The fourth-order valence-electron chi connectivity index (χ4n) is 10.6. The Bertz CT molecular complexity index is 3400. The maximum Gasteiger partial charge on any atom is 0.364 e. The zero-order valence-electron chi connectivity index (χ0n) is 52.0. The van der Waals surface area contributed by atoms with E-state index in [1.165, 1.54) is 35.7 Å². The van der Waals surface area contributed by atoms with Crippen LogP contribution in [0.4, 0.5) is 0 Å². The normalized spacial score (nSPS) is 22.1. The Labute approximate surface area is 555 Å². The molecule has 512 valence electrons. The van der Waals surface area contributed by atoms with Gasteiger partial charge < -0.3 is 96.8 Å². The van der Waals surface area contributed by atoms with Crippen LogP contribution in [0.25, 0.3) is 22.3 Å². The van der Waals surface area contributed by atoms with Gasteiger partial charge in [0.05, 0.1) is 55.3 Å². The van der Waals surface area contributed by atoms with Gasteiger partial charge in [-0.3, -0.25) is 28.8 Å². The number of hydrogen-bond acceptors (Lipinski definition) is 21. The van der Waals surface area contributed by atoms with Crippen molar-refractivity contribution >= 4 is 70.9 Å². The van der Waals surface area contributed by atoms with Gasteiger partial charge in [-0.2, -0.15) is 23.5 Å². The summed E-state index contributed by atoms with van der Waals surface area (Å²) >= 11 is 2.74. The number of carboxylic acids is 2. The molecule has 0 saturated carbocycles. The molecule has 29 heteroatoms. The van der Waals surface area contributed by atoms with E-state index < -0.39 is 152 Å². The molecular formula is C66H80N6O21S2. The minimum Gasteiger partial charge on any atom is -0.507 e. The second-order valence-corrected chi connectivity index (χ2v) is 25.0. The molecule has 7 rings (SSSR count). The number of carbonyl (C=O) groups is 8. The Kier molecular flexibility index (Phi) is 27.9. The average Bonchev–Trinajstić information content (AvgIpc) is 0.781. The number of aliphatic carboxylic acids is 2. The summed E-state index contributed by atoms with van der Waals surface area (Å²) in [5, 5.41) is 114. The molecule has 95 heavy (non-hydrogen) atoms. The molecule has 5 aromatic rings. The molecule has 0 spiro atoms. The fraction of sp³-hybridized carbons (Fsp3) is 0.424. The molecule has 2 saturated heterocycles. The predicted octanol–water partition coefficient (Wildman–Crippen LogP) is 1.64. The van der Waals surface area contributed by atoms with Gasteiger partial charge in [0.1, 0.15) is 30.2 Å². The summed E-state index contributed by atoms with van der Waals surface area (Å²) in [7, 11) is 0. The molecule has 2 fully saturated rings. The molecule has 2 heterocycles. The Hall–Kier alpha value is -8.04. The van der Waals surface area contributed by atoms with Crippen molar-refractivity contribution < 1.29 is 103 Å². The number of carbonyl (C=O) groups excluding carboxylic acids is 6. The van der Waals surface area contributed by atoms with Crippen LogP contribution < -0.4 is 31.9 Å². The van der Waals surface area contributed by atoms with E-state index >= 15 is 0 Å². The summed E-state index contributed by atoms with van der Waals surface area (Å²) < 4.78 is 23.1. The smallest absolute Gasteiger partial charge is 0.364 e. The van der Waals surface area contributed by atoms with Crippen LogP contribution in [-0.4, -0.2) is 228 Å². The van der Waals surface area contributed by atoms with Crippen molar-refractivity contribution in [1.82, 2.24) is 31.9 Å². The summed E-state index contributed by atoms with van der Waals surface area (Å²) in [4.78, 5) is 102. The Morgan fingerprint density at radius 2 is 0.874 bits per heavy atom. The second-order valence-electron chi connectivity index (χ2n) is 22.6. The lowest BCUT2D eigenvalue weighted by Gasteiger charge is -2.46. The zero-order chi connectivity index (χ0) is 68.8. The molecule has 0 radical (unpaired) electrons. The zero-order valence-corrected chi connectivity index (χ0v) is 53.7. The van der Waals surface area contributed by atoms with Crippen molar-refractivity contribution in [2.24, 2.45) is 0 Å². The van der Waals surface area contributed by atoms with E-state index in [-0.39, 0.29) is 61.4 Å². The van der Waals surface area contributed by atoms with Gasteiger partial charge >= 0.3 is 11.9 Å². The molecule has 6 amide bonds. The summed E-state index contributed by atoms with van der Waals surface area (Å²) in [6.45, 7) is 1.12. The summed E-state index contributed by atoms with van der Waals surface area (Å²) in [5.41, 5.74) is 4.08. The summed E-state index contributed by atoms with van der Waals surface area (Å²) in [5.74, 6) is -10.9. The lowest BCUT2D eigenvalue weighted by Crippen LogP contribution is -2.68. The first kappa shape index (κ1) is 74.4. The third kappa shape index (κ3) is 20.7. The van der Waals surface area contributed by atoms with E-state index in [9.17, 15) is 84.3 Å². The van der Waals surface area contributed by atoms with E-state index in [0.29, 0.717) is 23.0 Å². The largest absolute Gasteiger partial charge is 0.507 e. The maximum atomic E-state index is 13.0. The van der Waals surface area contributed by atoms with E-state index in [1.54, 1.807) is 48.5 Å². The van der Waals surface area contributed by atoms with Gasteiger partial charge in [-0.25, -0.2) is 9.59 Å². The molecule has 2 aliphatic heterocycles. The van der Waals surface area contributed by atoms with Crippen LogP contribution in [0, 0.1) is 0 Å². The number of rotatable bonds is 34. The van der Waals surface area contributed by atoms with Gasteiger partial charge in [0.15, 0.2) is 0 Å². The number of ether oxygens (including phenoxy) is 4. The number of thioether (sulfide) groups is 2. The Balaban J connectivity index is 0.784. The maximum absolute atomic E-state index is 13.0. The van der Waals surface area contributed by atoms with Crippen LogP contribution in [-0.2, 0) is 38.1 Å². The highest BCUT2D eigenvalue weighted by Gasteiger charge is 2.57. The number of carboxylic acid groups (broad SMARTS) is 2. The van der Waals surface area contributed by atoms with Gasteiger partial charge in [-0.05, 0) is 89.1 Å². The molecule has 5 aromatic carbocycles. The quantitative estimate of drug-likeness (QED) is 0.0260. The molecule has 0 bridgehead atoms. The standard InChI is InChI=1S/C66H80N6O21S2/c1-38(73)71-53-49(76)34-65(63(86)87,92-57(53)55(80)51(78)36-69-59(82)44-19-15-42(16-20-44)40-11-5-3-6-12-40)90-27-9-29-94-31-25-67-61(84)46-23-24-47(48(75)33-46)62(85)68-26-32-95-30-10-28-91-66(64(88)89)35-50(77)54(72-39(2)74)58(93-66)56(81)52(79)37-70-60(83)45-21-17-43(18-22-45)41-13-7-4-8-14-41/h3-8,11-24,33,49-58,75-81H,9-10,25-32,34-37H2,1-2H3,(H,67,84)(H,68,85)(H,69,82)(H,70,83)(H,71,73)(H,72,74)(H,86,87)(H,88,89)/t49-,50-,51+,52+,53+,54+,55?,56?,57+,58+,65+,66+/m0/s1. The van der Waals surface area contributed by atoms with E-state index in [1.807, 2.05) is 60.7 Å². The third-order valence-electron chi connectivity index (χ3n) is 15.6. The highest BCUT2D eigenvalue weighted by atomic mass is 32.2. The van der Waals surface area contributed by atoms with Crippen molar-refractivity contribution in [3.63, 3.8) is 0 Å². The minimum atomic E-state index is -2.52. The van der Waals surface area contributed by atoms with Gasteiger partial charge in [0.2, 0.25) is 11.8 Å². The number of aliphatic hydroxyl groups excluding tert-OH is 6. The second kappa shape index (κ2) is 35.6. The van der Waals surface area contributed by atoms with Crippen LogP contribution >= 0.6 is 23.5 Å². The van der Waals surface area contributed by atoms with Crippen LogP contribution in [0.2, 0.25) is 0 Å². The summed E-state index contributed by atoms with van der Waals surface area (Å²) in [6, 6.07) is 33.3. The minimum absolute atomic E-state index is 0.0627. The van der Waals surface area contributed by atoms with Crippen molar-refractivity contribution in [1.29, 1.82) is 0 Å². The molecule has 0 aromatic heterocycles. The van der Waals surface area contributed by atoms with Gasteiger partial charge in [-0.15, -0.1) is 0 Å². The lowest BCUT2D eigenvalue weighted by atomic mass is 9.88. The van der Waals surface area contributed by atoms with Crippen molar-refractivity contribution in [3.05, 3.63) is 150 Å². The number of phenolic OH excluding ortho intramolecular Hbond substituents is 1. The van der Waals surface area contributed by atoms with E-state index in [4.69, 9.17) is 18.9 Å².